The fraction of sp³-hybridized carbons (Fsp3) is 0.364. The fourth-order valence-corrected chi connectivity index (χ4v) is 2.97. The van der Waals surface area contributed by atoms with E-state index >= 15 is 0 Å². The zero-order valence-electron chi connectivity index (χ0n) is 15.9. The number of benzene rings is 2. The van der Waals surface area contributed by atoms with Gasteiger partial charge in [0.05, 0.1) is 12.7 Å². The van der Waals surface area contributed by atoms with Crippen molar-refractivity contribution in [3.05, 3.63) is 65.7 Å². The number of carbonyl (C=O) groups excluding carboxylic acids is 2. The van der Waals surface area contributed by atoms with Crippen LogP contribution in [0.1, 0.15) is 40.0 Å². The summed E-state index contributed by atoms with van der Waals surface area (Å²) in [5, 5.41) is 5.69. The van der Waals surface area contributed by atoms with Crippen LogP contribution in [0.3, 0.4) is 0 Å². The number of anilines is 1. The third-order valence-corrected chi connectivity index (χ3v) is 4.52. The second-order valence-electron chi connectivity index (χ2n) is 6.72. The Balaban J connectivity index is 1.35. The Bertz CT molecular complexity index is 756. The van der Waals surface area contributed by atoms with Crippen molar-refractivity contribution in [1.82, 2.24) is 5.32 Å². The van der Waals surface area contributed by atoms with Gasteiger partial charge in [-0.05, 0) is 55.7 Å². The van der Waals surface area contributed by atoms with E-state index in [-0.39, 0.29) is 17.9 Å². The molecule has 6 heteroatoms. The van der Waals surface area contributed by atoms with Crippen LogP contribution in [-0.2, 0) is 9.47 Å². The standard InChI is InChI=1S/C22H26N2O4/c25-21(23-13-5-14-27-16-20-8-4-15-28-20)18-9-11-19(12-10-18)24-22(26)17-6-2-1-3-7-17/h1-3,6-7,9-12,20H,4-5,8,13-16H2,(H,23,25)(H,24,26). The highest BCUT2D eigenvalue weighted by atomic mass is 16.5. The Morgan fingerprint density at radius 2 is 1.75 bits per heavy atom. The lowest BCUT2D eigenvalue weighted by Gasteiger charge is -2.10. The van der Waals surface area contributed by atoms with E-state index in [1.165, 1.54) is 0 Å². The van der Waals surface area contributed by atoms with Gasteiger partial charge in [-0.25, -0.2) is 0 Å². The molecule has 0 spiro atoms. The number of hydrogen-bond donors (Lipinski definition) is 2. The molecule has 1 heterocycles. The SMILES string of the molecule is O=C(NCCCOCC1CCCO1)c1ccc(NC(=O)c2ccccc2)cc1. The molecule has 1 unspecified atom stereocenters. The summed E-state index contributed by atoms with van der Waals surface area (Å²) in [6.45, 7) is 2.62. The maximum absolute atomic E-state index is 12.2. The van der Waals surface area contributed by atoms with Gasteiger partial charge in [-0.15, -0.1) is 0 Å². The average molecular weight is 382 g/mol. The van der Waals surface area contributed by atoms with Crippen molar-refractivity contribution in [2.24, 2.45) is 0 Å². The molecule has 2 amide bonds. The van der Waals surface area contributed by atoms with Crippen LogP contribution in [0.15, 0.2) is 54.6 Å². The Morgan fingerprint density at radius 1 is 1.00 bits per heavy atom. The molecule has 1 aliphatic heterocycles. The molecule has 0 aromatic heterocycles. The number of amides is 2. The molecule has 1 fully saturated rings. The van der Waals surface area contributed by atoms with Gasteiger partial charge >= 0.3 is 0 Å². The third-order valence-electron chi connectivity index (χ3n) is 4.52. The molecule has 1 saturated heterocycles. The van der Waals surface area contributed by atoms with Crippen molar-refractivity contribution < 1.29 is 19.1 Å². The molecule has 2 N–H and O–H groups in total. The number of hydrogen-bond acceptors (Lipinski definition) is 4. The predicted octanol–water partition coefficient (Wildman–Crippen LogP) is 3.25. The molecular formula is C22H26N2O4. The minimum Gasteiger partial charge on any atom is -0.379 e. The van der Waals surface area contributed by atoms with E-state index in [1.807, 2.05) is 18.2 Å². The van der Waals surface area contributed by atoms with Crippen molar-refractivity contribution in [3.8, 4) is 0 Å². The van der Waals surface area contributed by atoms with E-state index in [1.54, 1.807) is 36.4 Å². The number of nitrogens with one attached hydrogen (secondary N) is 2. The molecule has 28 heavy (non-hydrogen) atoms. The summed E-state index contributed by atoms with van der Waals surface area (Å²) in [5.74, 6) is -0.319. The average Bonchev–Trinajstić information content (AvgIpc) is 3.25. The second-order valence-corrected chi connectivity index (χ2v) is 6.72. The molecule has 2 aromatic rings. The third kappa shape index (κ3) is 6.18. The fourth-order valence-electron chi connectivity index (χ4n) is 2.97. The van der Waals surface area contributed by atoms with Gasteiger partial charge in [0.2, 0.25) is 0 Å². The maximum Gasteiger partial charge on any atom is 0.255 e. The summed E-state index contributed by atoms with van der Waals surface area (Å²) in [4.78, 5) is 24.3. The molecule has 1 atom stereocenters. The van der Waals surface area contributed by atoms with Crippen LogP contribution in [0.25, 0.3) is 0 Å². The molecule has 0 bridgehead atoms. The number of carbonyl (C=O) groups is 2. The molecular weight excluding hydrogens is 356 g/mol. The Morgan fingerprint density at radius 3 is 2.46 bits per heavy atom. The first-order valence-electron chi connectivity index (χ1n) is 9.66. The smallest absolute Gasteiger partial charge is 0.255 e. The van der Waals surface area contributed by atoms with Crippen molar-refractivity contribution in [2.75, 3.05) is 31.7 Å². The van der Waals surface area contributed by atoms with Crippen LogP contribution < -0.4 is 10.6 Å². The molecule has 0 saturated carbocycles. The minimum atomic E-state index is -0.180. The quantitative estimate of drug-likeness (QED) is 0.653. The zero-order chi connectivity index (χ0) is 19.6. The van der Waals surface area contributed by atoms with Gasteiger partial charge in [0.1, 0.15) is 0 Å². The first-order valence-corrected chi connectivity index (χ1v) is 9.66. The highest BCUT2D eigenvalue weighted by molar-refractivity contribution is 6.04. The van der Waals surface area contributed by atoms with Crippen LogP contribution in [0.4, 0.5) is 5.69 Å². The van der Waals surface area contributed by atoms with Gasteiger partial charge in [-0.2, -0.15) is 0 Å². The van der Waals surface area contributed by atoms with Crippen LogP contribution in [0.5, 0.6) is 0 Å². The van der Waals surface area contributed by atoms with Crippen molar-refractivity contribution >= 4 is 17.5 Å². The van der Waals surface area contributed by atoms with E-state index in [0.29, 0.717) is 36.6 Å². The zero-order valence-corrected chi connectivity index (χ0v) is 15.9. The van der Waals surface area contributed by atoms with E-state index in [9.17, 15) is 9.59 Å². The van der Waals surface area contributed by atoms with Crippen LogP contribution in [-0.4, -0.2) is 44.3 Å². The molecule has 148 valence electrons. The predicted molar refractivity (Wildman–Crippen MR) is 108 cm³/mol. The van der Waals surface area contributed by atoms with Gasteiger partial charge in [0.25, 0.3) is 11.8 Å². The van der Waals surface area contributed by atoms with Crippen molar-refractivity contribution in [2.45, 2.75) is 25.4 Å². The van der Waals surface area contributed by atoms with Crippen LogP contribution in [0.2, 0.25) is 0 Å². The second kappa shape index (κ2) is 10.6. The van der Waals surface area contributed by atoms with Gasteiger partial charge < -0.3 is 20.1 Å². The van der Waals surface area contributed by atoms with Crippen molar-refractivity contribution in [3.63, 3.8) is 0 Å². The monoisotopic (exact) mass is 382 g/mol. The van der Waals surface area contributed by atoms with E-state index in [4.69, 9.17) is 9.47 Å². The van der Waals surface area contributed by atoms with Gasteiger partial charge in [-0.1, -0.05) is 18.2 Å². The molecule has 0 aliphatic carbocycles. The Hall–Kier alpha value is -2.70. The Kier molecular flexibility index (Phi) is 7.58. The number of ether oxygens (including phenoxy) is 2. The summed E-state index contributed by atoms with van der Waals surface area (Å²) < 4.78 is 11.1. The highest BCUT2D eigenvalue weighted by Gasteiger charge is 2.15. The lowest BCUT2D eigenvalue weighted by Crippen LogP contribution is -2.25. The van der Waals surface area contributed by atoms with Crippen LogP contribution in [0, 0.1) is 0 Å². The molecule has 3 rings (SSSR count). The largest absolute Gasteiger partial charge is 0.379 e. The lowest BCUT2D eigenvalue weighted by atomic mass is 10.1. The van der Waals surface area contributed by atoms with Crippen molar-refractivity contribution in [1.29, 1.82) is 0 Å². The molecule has 6 nitrogen and oxygen atoms in total. The van der Waals surface area contributed by atoms with E-state index < -0.39 is 0 Å². The van der Waals surface area contributed by atoms with Gasteiger partial charge in [0, 0.05) is 36.6 Å². The summed E-state index contributed by atoms with van der Waals surface area (Å²) in [7, 11) is 0. The summed E-state index contributed by atoms with van der Waals surface area (Å²) in [6.07, 6.45) is 3.16. The number of rotatable bonds is 9. The van der Waals surface area contributed by atoms with Crippen LogP contribution >= 0.6 is 0 Å². The van der Waals surface area contributed by atoms with Gasteiger partial charge in [0.15, 0.2) is 0 Å². The Labute approximate surface area is 165 Å². The molecule has 1 aliphatic rings. The first kappa shape index (κ1) is 20.0. The summed E-state index contributed by atoms with van der Waals surface area (Å²) in [6, 6.07) is 15.8. The lowest BCUT2D eigenvalue weighted by molar-refractivity contribution is 0.0166. The normalized spacial score (nSPS) is 15.9. The first-order chi connectivity index (χ1) is 13.7. The molecule has 0 radical (unpaired) electrons. The highest BCUT2D eigenvalue weighted by Crippen LogP contribution is 2.13. The minimum absolute atomic E-state index is 0.139. The summed E-state index contributed by atoms with van der Waals surface area (Å²) >= 11 is 0. The summed E-state index contributed by atoms with van der Waals surface area (Å²) in [5.41, 5.74) is 1.79. The van der Waals surface area contributed by atoms with E-state index in [0.717, 1.165) is 25.9 Å². The van der Waals surface area contributed by atoms with E-state index in [2.05, 4.69) is 10.6 Å². The van der Waals surface area contributed by atoms with Gasteiger partial charge in [-0.3, -0.25) is 9.59 Å². The maximum atomic E-state index is 12.2. The topological polar surface area (TPSA) is 76.7 Å². The molecule has 2 aromatic carbocycles.